The maximum atomic E-state index is 12.3. The molecule has 0 bridgehead atoms. The van der Waals surface area contributed by atoms with Crippen molar-refractivity contribution in [1.82, 2.24) is 4.90 Å². The molecule has 3 N–H and O–H groups in total. The molecule has 2 rings (SSSR count). The summed E-state index contributed by atoms with van der Waals surface area (Å²) in [5.74, 6) is 0.260. The topological polar surface area (TPSA) is 75.4 Å². The lowest BCUT2D eigenvalue weighted by atomic mass is 9.86. The molecule has 5 nitrogen and oxygen atoms in total. The van der Waals surface area contributed by atoms with Gasteiger partial charge in [-0.3, -0.25) is 9.69 Å². The van der Waals surface area contributed by atoms with Crippen LogP contribution in [0.5, 0.6) is 0 Å². The summed E-state index contributed by atoms with van der Waals surface area (Å²) in [7, 11) is 0. The number of nitrogens with zero attached hydrogens (tertiary/aromatic N) is 1. The number of rotatable bonds is 8. The summed E-state index contributed by atoms with van der Waals surface area (Å²) in [6, 6.07) is 4.98. The average molecular weight is 417 g/mol. The fourth-order valence-corrected chi connectivity index (χ4v) is 3.92. The van der Waals surface area contributed by atoms with Crippen molar-refractivity contribution in [2.75, 3.05) is 18.4 Å². The van der Waals surface area contributed by atoms with E-state index in [-0.39, 0.29) is 35.7 Å². The molecule has 0 atom stereocenters. The Labute approximate surface area is 167 Å². The number of alkyl halides is 3. The van der Waals surface area contributed by atoms with Gasteiger partial charge in [0, 0.05) is 30.1 Å². The van der Waals surface area contributed by atoms with E-state index in [4.69, 9.17) is 5.73 Å². The lowest BCUT2D eigenvalue weighted by Gasteiger charge is -2.23. The summed E-state index contributed by atoms with van der Waals surface area (Å²) in [4.78, 5) is 25.1. The van der Waals surface area contributed by atoms with Crippen molar-refractivity contribution in [2.45, 2.75) is 55.3 Å². The number of anilines is 1. The average Bonchev–Trinajstić information content (AvgIpc) is 2.64. The first kappa shape index (κ1) is 22.4. The van der Waals surface area contributed by atoms with Gasteiger partial charge in [0.05, 0.1) is 0 Å². The predicted molar refractivity (Wildman–Crippen MR) is 104 cm³/mol. The van der Waals surface area contributed by atoms with Crippen LogP contribution in [0, 0.1) is 5.92 Å². The van der Waals surface area contributed by atoms with Crippen LogP contribution in [0.3, 0.4) is 0 Å². The van der Waals surface area contributed by atoms with Gasteiger partial charge in [0.15, 0.2) is 0 Å². The van der Waals surface area contributed by atoms with Gasteiger partial charge < -0.3 is 11.1 Å². The fourth-order valence-electron chi connectivity index (χ4n) is 3.38. The zero-order valence-corrected chi connectivity index (χ0v) is 16.5. The molecule has 0 aromatic heterocycles. The maximum absolute atomic E-state index is 12.3. The summed E-state index contributed by atoms with van der Waals surface area (Å²) in [6.45, 7) is 0.377. The highest BCUT2D eigenvalue weighted by Crippen LogP contribution is 2.37. The lowest BCUT2D eigenvalue weighted by Crippen LogP contribution is -2.43. The van der Waals surface area contributed by atoms with Gasteiger partial charge in [-0.1, -0.05) is 32.1 Å². The number of carbonyl (C=O) groups excluding carboxylic acids is 2. The molecule has 28 heavy (non-hydrogen) atoms. The van der Waals surface area contributed by atoms with E-state index in [1.54, 1.807) is 0 Å². The van der Waals surface area contributed by atoms with Crippen molar-refractivity contribution in [3.63, 3.8) is 0 Å². The zero-order chi connectivity index (χ0) is 20.6. The second kappa shape index (κ2) is 10.6. The third-order valence-electron chi connectivity index (χ3n) is 4.81. The first-order valence-electron chi connectivity index (χ1n) is 9.44. The van der Waals surface area contributed by atoms with Crippen LogP contribution < -0.4 is 11.1 Å². The second-order valence-electron chi connectivity index (χ2n) is 6.93. The molecular formula is C19H26F3N3O2S. The van der Waals surface area contributed by atoms with Crippen LogP contribution in [0.4, 0.5) is 23.7 Å². The number of hydrogen-bond donors (Lipinski definition) is 2. The van der Waals surface area contributed by atoms with E-state index in [9.17, 15) is 22.8 Å². The molecule has 1 saturated carbocycles. The van der Waals surface area contributed by atoms with Crippen molar-refractivity contribution < 1.29 is 22.8 Å². The maximum Gasteiger partial charge on any atom is 0.446 e. The second-order valence-corrected chi connectivity index (χ2v) is 8.06. The van der Waals surface area contributed by atoms with Gasteiger partial charge in [-0.2, -0.15) is 13.2 Å². The van der Waals surface area contributed by atoms with Crippen LogP contribution in [0.15, 0.2) is 29.2 Å². The molecule has 0 aliphatic heterocycles. The summed E-state index contributed by atoms with van der Waals surface area (Å²) in [5, 5.41) is 2.99. The number of thioether (sulfide) groups is 1. The van der Waals surface area contributed by atoms with Crippen molar-refractivity contribution in [3.05, 3.63) is 24.3 Å². The van der Waals surface area contributed by atoms with Crippen LogP contribution in [0.2, 0.25) is 0 Å². The highest BCUT2D eigenvalue weighted by Gasteiger charge is 2.29. The first-order chi connectivity index (χ1) is 13.2. The Kier molecular flexibility index (Phi) is 8.47. The Hall–Kier alpha value is -1.90. The normalized spacial score (nSPS) is 15.2. The van der Waals surface area contributed by atoms with Crippen LogP contribution in [-0.2, 0) is 4.79 Å². The summed E-state index contributed by atoms with van der Waals surface area (Å²) < 4.78 is 37.0. The number of nitrogens with one attached hydrogen (secondary N) is 1. The molecule has 0 heterocycles. The fraction of sp³-hybridized carbons (Fsp3) is 0.579. The summed E-state index contributed by atoms with van der Waals surface area (Å²) in [5.41, 5.74) is 1.61. The largest absolute Gasteiger partial charge is 0.446 e. The van der Waals surface area contributed by atoms with E-state index >= 15 is 0 Å². The number of amides is 3. The minimum absolute atomic E-state index is 0.0923. The number of benzene rings is 1. The Bertz CT molecular complexity index is 647. The van der Waals surface area contributed by atoms with E-state index in [1.165, 1.54) is 43.5 Å². The van der Waals surface area contributed by atoms with Gasteiger partial charge in [0.1, 0.15) is 0 Å². The zero-order valence-electron chi connectivity index (χ0n) is 15.6. The van der Waals surface area contributed by atoms with E-state index in [0.29, 0.717) is 18.0 Å². The quantitative estimate of drug-likeness (QED) is 0.585. The molecule has 0 radical (unpaired) electrons. The SMILES string of the molecule is NC(=O)N(CCNc1ccc(SC(F)(F)F)cc1)C(=O)CCC1CCCCC1. The molecule has 0 spiro atoms. The molecule has 156 valence electrons. The standard InChI is InChI=1S/C19H26F3N3O2S/c20-19(21,22)28-16-9-7-15(8-10-16)24-12-13-25(18(23)27)17(26)11-6-14-4-2-1-3-5-14/h7-10,14,24H,1-6,11-13H2,(H2,23,27). The molecule has 0 saturated heterocycles. The molecule has 1 aliphatic rings. The minimum Gasteiger partial charge on any atom is -0.383 e. The molecule has 1 aromatic carbocycles. The van der Waals surface area contributed by atoms with Gasteiger partial charge in [-0.05, 0) is 48.4 Å². The number of imide groups is 1. The first-order valence-corrected chi connectivity index (χ1v) is 10.3. The molecule has 1 fully saturated rings. The Morgan fingerprint density at radius 3 is 2.36 bits per heavy atom. The molecule has 3 amide bonds. The smallest absolute Gasteiger partial charge is 0.383 e. The van der Waals surface area contributed by atoms with E-state index in [1.807, 2.05) is 0 Å². The van der Waals surface area contributed by atoms with Gasteiger partial charge in [-0.25, -0.2) is 4.79 Å². The van der Waals surface area contributed by atoms with Crippen LogP contribution in [0.25, 0.3) is 0 Å². The van der Waals surface area contributed by atoms with Gasteiger partial charge in [0.2, 0.25) is 5.91 Å². The number of urea groups is 1. The Morgan fingerprint density at radius 1 is 1.14 bits per heavy atom. The Morgan fingerprint density at radius 2 is 1.79 bits per heavy atom. The third kappa shape index (κ3) is 8.00. The molecular weight excluding hydrogens is 391 g/mol. The van der Waals surface area contributed by atoms with Crippen molar-refractivity contribution >= 4 is 29.4 Å². The molecule has 1 aliphatic carbocycles. The predicted octanol–water partition coefficient (Wildman–Crippen LogP) is 4.98. The van der Waals surface area contributed by atoms with Gasteiger partial charge >= 0.3 is 11.5 Å². The lowest BCUT2D eigenvalue weighted by molar-refractivity contribution is -0.128. The van der Waals surface area contributed by atoms with Gasteiger partial charge in [0.25, 0.3) is 0 Å². The molecule has 1 aromatic rings. The van der Waals surface area contributed by atoms with E-state index < -0.39 is 11.5 Å². The monoisotopic (exact) mass is 417 g/mol. The molecule has 0 unspecified atom stereocenters. The van der Waals surface area contributed by atoms with E-state index in [0.717, 1.165) is 24.2 Å². The minimum atomic E-state index is -4.32. The van der Waals surface area contributed by atoms with Crippen LogP contribution in [0.1, 0.15) is 44.9 Å². The van der Waals surface area contributed by atoms with Gasteiger partial charge in [-0.15, -0.1) is 0 Å². The Balaban J connectivity index is 1.77. The highest BCUT2D eigenvalue weighted by atomic mass is 32.2. The van der Waals surface area contributed by atoms with Crippen LogP contribution >= 0.6 is 11.8 Å². The van der Waals surface area contributed by atoms with Crippen molar-refractivity contribution in [1.29, 1.82) is 0 Å². The number of hydrogen-bond acceptors (Lipinski definition) is 4. The van der Waals surface area contributed by atoms with Crippen LogP contribution in [-0.4, -0.2) is 35.4 Å². The highest BCUT2D eigenvalue weighted by molar-refractivity contribution is 8.00. The third-order valence-corrected chi connectivity index (χ3v) is 5.55. The number of primary amides is 1. The van der Waals surface area contributed by atoms with Crippen molar-refractivity contribution in [3.8, 4) is 0 Å². The number of halogens is 3. The summed E-state index contributed by atoms with van der Waals surface area (Å²) in [6.07, 6.45) is 6.98. The molecule has 9 heteroatoms. The van der Waals surface area contributed by atoms with E-state index in [2.05, 4.69) is 5.32 Å². The number of carbonyl (C=O) groups is 2. The van der Waals surface area contributed by atoms with Crippen molar-refractivity contribution in [2.24, 2.45) is 11.7 Å². The number of nitrogens with two attached hydrogens (primary N) is 1. The summed E-state index contributed by atoms with van der Waals surface area (Å²) >= 11 is -0.179.